The van der Waals surface area contributed by atoms with Gasteiger partial charge < -0.3 is 0 Å². The van der Waals surface area contributed by atoms with Crippen LogP contribution < -0.4 is 4.72 Å². The Morgan fingerprint density at radius 3 is 2.36 bits per heavy atom. The zero-order valence-electron chi connectivity index (χ0n) is 7.30. The predicted molar refractivity (Wildman–Crippen MR) is 51.1 cm³/mol. The molecule has 0 saturated carbocycles. The van der Waals surface area contributed by atoms with Gasteiger partial charge in [0.25, 0.3) is 0 Å². The fourth-order valence-electron chi connectivity index (χ4n) is 1.49. The highest BCUT2D eigenvalue weighted by Crippen LogP contribution is 2.22. The third kappa shape index (κ3) is 1.63. The zero-order valence-corrected chi connectivity index (χ0v) is 8.12. The number of nitrogens with one attached hydrogen (secondary N) is 1. The highest BCUT2D eigenvalue weighted by Gasteiger charge is 2.36. The summed E-state index contributed by atoms with van der Waals surface area (Å²) >= 11 is 0. The Kier molecular flexibility index (Phi) is 2.03. The van der Waals surface area contributed by atoms with Gasteiger partial charge in [0.15, 0.2) is 0 Å². The average Bonchev–Trinajstić information content (AvgIpc) is 2.41. The molecule has 0 aliphatic carbocycles. The Morgan fingerprint density at radius 1 is 1.21 bits per heavy atom. The highest BCUT2D eigenvalue weighted by molar-refractivity contribution is 7.90. The predicted octanol–water partition coefficient (Wildman–Crippen LogP) is 0.230. The number of carbonyl (C=O) groups excluding carboxylic acids is 1. The smallest absolute Gasteiger partial charge is 0.242 e. The molecule has 2 rings (SSSR count). The van der Waals surface area contributed by atoms with E-state index in [0.29, 0.717) is 0 Å². The zero-order chi connectivity index (χ0) is 10.2. The molecular weight excluding hydrogens is 202 g/mol. The number of benzene rings is 1. The van der Waals surface area contributed by atoms with Gasteiger partial charge in [-0.15, -0.1) is 0 Å². The Hall–Kier alpha value is -1.36. The Labute approximate surface area is 82.0 Å². The lowest BCUT2D eigenvalue weighted by molar-refractivity contribution is -0.119. The lowest BCUT2D eigenvalue weighted by Gasteiger charge is -2.03. The standard InChI is InChI=1S/C9H9NO3S/c11-9-8(6-14(12,13)10-9)7-4-2-1-3-5-7/h1-5,8H,6H2,(H,10,11). The van der Waals surface area contributed by atoms with E-state index in [2.05, 4.69) is 0 Å². The molecule has 1 aliphatic heterocycles. The first kappa shape index (κ1) is 9.21. The van der Waals surface area contributed by atoms with Gasteiger partial charge in [-0.1, -0.05) is 30.3 Å². The molecule has 1 aromatic carbocycles. The summed E-state index contributed by atoms with van der Waals surface area (Å²) in [5.74, 6) is -1.13. The van der Waals surface area contributed by atoms with Crippen LogP contribution in [-0.2, 0) is 14.8 Å². The minimum absolute atomic E-state index is 0.143. The van der Waals surface area contributed by atoms with E-state index < -0.39 is 21.8 Å². The van der Waals surface area contributed by atoms with Gasteiger partial charge in [-0.05, 0) is 5.56 Å². The molecule has 14 heavy (non-hydrogen) atoms. The molecule has 1 amide bonds. The minimum Gasteiger partial charge on any atom is -0.273 e. The van der Waals surface area contributed by atoms with Crippen molar-refractivity contribution in [3.8, 4) is 0 Å². The first-order valence-corrected chi connectivity index (χ1v) is 5.83. The second-order valence-corrected chi connectivity index (χ2v) is 4.98. The van der Waals surface area contributed by atoms with E-state index in [0.717, 1.165) is 5.56 Å². The van der Waals surface area contributed by atoms with E-state index in [4.69, 9.17) is 0 Å². The SMILES string of the molecule is O=C1NS(=O)(=O)CC1c1ccccc1. The summed E-state index contributed by atoms with van der Waals surface area (Å²) in [5.41, 5.74) is 0.742. The van der Waals surface area contributed by atoms with Crippen LogP contribution in [0.25, 0.3) is 0 Å². The molecule has 1 unspecified atom stereocenters. The molecule has 5 heteroatoms. The van der Waals surface area contributed by atoms with Crippen molar-refractivity contribution in [2.24, 2.45) is 0 Å². The maximum absolute atomic E-state index is 11.3. The molecule has 1 heterocycles. The van der Waals surface area contributed by atoms with Crippen molar-refractivity contribution >= 4 is 15.9 Å². The van der Waals surface area contributed by atoms with E-state index in [9.17, 15) is 13.2 Å². The molecule has 1 atom stereocenters. The number of hydrogen-bond donors (Lipinski definition) is 1. The average molecular weight is 211 g/mol. The summed E-state index contributed by atoms with van der Waals surface area (Å²) in [6.07, 6.45) is 0. The van der Waals surface area contributed by atoms with Crippen LogP contribution in [0.1, 0.15) is 11.5 Å². The topological polar surface area (TPSA) is 63.2 Å². The summed E-state index contributed by atoms with van der Waals surface area (Å²) in [7, 11) is -3.39. The second kappa shape index (κ2) is 3.09. The molecule has 0 bridgehead atoms. The van der Waals surface area contributed by atoms with E-state index in [-0.39, 0.29) is 5.75 Å². The lowest BCUT2D eigenvalue weighted by Crippen LogP contribution is -2.21. The van der Waals surface area contributed by atoms with Gasteiger partial charge in [0.05, 0.1) is 11.7 Å². The summed E-state index contributed by atoms with van der Waals surface area (Å²) in [6, 6.07) is 8.90. The van der Waals surface area contributed by atoms with Crippen molar-refractivity contribution in [2.45, 2.75) is 5.92 Å². The van der Waals surface area contributed by atoms with Crippen LogP contribution in [0.4, 0.5) is 0 Å². The van der Waals surface area contributed by atoms with Crippen molar-refractivity contribution in [1.82, 2.24) is 4.72 Å². The number of carbonyl (C=O) groups is 1. The van der Waals surface area contributed by atoms with Crippen LogP contribution in [0.3, 0.4) is 0 Å². The lowest BCUT2D eigenvalue weighted by atomic mass is 10.0. The molecule has 74 valence electrons. The Morgan fingerprint density at radius 2 is 1.86 bits per heavy atom. The third-order valence-electron chi connectivity index (χ3n) is 2.16. The van der Waals surface area contributed by atoms with Gasteiger partial charge in [-0.25, -0.2) is 8.42 Å². The van der Waals surface area contributed by atoms with Crippen LogP contribution in [0.15, 0.2) is 30.3 Å². The number of amides is 1. The van der Waals surface area contributed by atoms with E-state index >= 15 is 0 Å². The molecule has 0 aromatic heterocycles. The van der Waals surface area contributed by atoms with Crippen LogP contribution >= 0.6 is 0 Å². The molecule has 1 saturated heterocycles. The van der Waals surface area contributed by atoms with Gasteiger partial charge in [-0.2, -0.15) is 0 Å². The first-order valence-electron chi connectivity index (χ1n) is 4.18. The third-order valence-corrected chi connectivity index (χ3v) is 3.44. The summed E-state index contributed by atoms with van der Waals surface area (Å²) in [4.78, 5) is 11.3. The van der Waals surface area contributed by atoms with Gasteiger partial charge >= 0.3 is 0 Å². The van der Waals surface area contributed by atoms with Crippen LogP contribution in [-0.4, -0.2) is 20.1 Å². The molecule has 1 aromatic rings. The monoisotopic (exact) mass is 211 g/mol. The summed E-state index contributed by atoms with van der Waals surface area (Å²) in [6.45, 7) is 0. The fourth-order valence-corrected chi connectivity index (χ4v) is 2.81. The molecule has 0 spiro atoms. The molecule has 1 aliphatic rings. The van der Waals surface area contributed by atoms with Crippen molar-refractivity contribution in [2.75, 3.05) is 5.75 Å². The van der Waals surface area contributed by atoms with Crippen molar-refractivity contribution in [1.29, 1.82) is 0 Å². The first-order chi connectivity index (χ1) is 6.58. The van der Waals surface area contributed by atoms with Crippen LogP contribution in [0.2, 0.25) is 0 Å². The largest absolute Gasteiger partial charge is 0.273 e. The van der Waals surface area contributed by atoms with Crippen LogP contribution in [0.5, 0.6) is 0 Å². The maximum atomic E-state index is 11.3. The molecule has 1 fully saturated rings. The van der Waals surface area contributed by atoms with Crippen molar-refractivity contribution < 1.29 is 13.2 Å². The van der Waals surface area contributed by atoms with Crippen molar-refractivity contribution in [3.05, 3.63) is 35.9 Å². The fraction of sp³-hybridized carbons (Fsp3) is 0.222. The minimum atomic E-state index is -3.39. The van der Waals surface area contributed by atoms with Gasteiger partial charge in [-0.3, -0.25) is 9.52 Å². The molecule has 1 N–H and O–H groups in total. The molecule has 4 nitrogen and oxygen atoms in total. The molecular formula is C9H9NO3S. The highest BCUT2D eigenvalue weighted by atomic mass is 32.2. The Balaban J connectivity index is 2.35. The second-order valence-electron chi connectivity index (χ2n) is 3.21. The number of hydrogen-bond acceptors (Lipinski definition) is 3. The summed E-state index contributed by atoms with van der Waals surface area (Å²) < 4.78 is 24.2. The van der Waals surface area contributed by atoms with Gasteiger partial charge in [0, 0.05) is 0 Å². The Bertz CT molecular complexity index is 452. The quantitative estimate of drug-likeness (QED) is 0.723. The van der Waals surface area contributed by atoms with Crippen molar-refractivity contribution in [3.63, 3.8) is 0 Å². The van der Waals surface area contributed by atoms with E-state index in [1.165, 1.54) is 0 Å². The van der Waals surface area contributed by atoms with Gasteiger partial charge in [0.2, 0.25) is 15.9 Å². The van der Waals surface area contributed by atoms with Crippen LogP contribution in [0, 0.1) is 0 Å². The molecule has 0 radical (unpaired) electrons. The maximum Gasteiger partial charge on any atom is 0.242 e. The number of rotatable bonds is 1. The van der Waals surface area contributed by atoms with E-state index in [1.54, 1.807) is 24.3 Å². The summed E-state index contributed by atoms with van der Waals surface area (Å²) in [5, 5.41) is 0. The van der Waals surface area contributed by atoms with Gasteiger partial charge in [0.1, 0.15) is 0 Å². The normalized spacial score (nSPS) is 24.6. The number of sulfonamides is 1. The van der Waals surface area contributed by atoms with E-state index in [1.807, 2.05) is 10.8 Å².